The third-order valence-electron chi connectivity index (χ3n) is 4.81. The Hall–Kier alpha value is -2.52. The van der Waals surface area contributed by atoms with Crippen molar-refractivity contribution in [2.75, 3.05) is 14.2 Å². The van der Waals surface area contributed by atoms with E-state index in [4.69, 9.17) is 4.74 Å². The molecule has 0 radical (unpaired) electrons. The van der Waals surface area contributed by atoms with Crippen LogP contribution in [0.4, 0.5) is 0 Å². The number of esters is 1. The summed E-state index contributed by atoms with van der Waals surface area (Å²) in [6, 6.07) is 8.04. The van der Waals surface area contributed by atoms with Crippen molar-refractivity contribution >= 4 is 16.0 Å². The number of carbonyl (C=O) groups is 1. The first-order valence-corrected chi connectivity index (χ1v) is 10.2. The Kier molecular flexibility index (Phi) is 6.41. The number of nitrogens with zero attached hydrogens (tertiary/aromatic N) is 2. The van der Waals surface area contributed by atoms with Gasteiger partial charge in [0.05, 0.1) is 12.0 Å². The molecule has 0 spiro atoms. The van der Waals surface area contributed by atoms with Crippen LogP contribution >= 0.6 is 0 Å². The third kappa shape index (κ3) is 3.72. The summed E-state index contributed by atoms with van der Waals surface area (Å²) >= 11 is 0. The number of carbonyl (C=O) groups excluding carboxylic acids is 1. The van der Waals surface area contributed by atoms with E-state index in [0.29, 0.717) is 0 Å². The van der Waals surface area contributed by atoms with Crippen LogP contribution in [0.5, 0.6) is 0 Å². The number of ether oxygens (including phenoxy) is 1. The summed E-state index contributed by atoms with van der Waals surface area (Å²) in [5.74, 6) is -1.49. The van der Waals surface area contributed by atoms with Gasteiger partial charge in [-0.1, -0.05) is 56.3 Å². The van der Waals surface area contributed by atoms with E-state index in [1.807, 2.05) is 30.3 Å². The topological polar surface area (TPSA) is 107 Å². The fourth-order valence-corrected chi connectivity index (χ4v) is 5.01. The number of allylic oxidation sites excluding steroid dienone is 2. The number of sulfonamides is 1. The quantitative estimate of drug-likeness (QED) is 0.297. The Balaban J connectivity index is 2.47. The Labute approximate surface area is 164 Å². The minimum Gasteiger partial charge on any atom is -0.468 e. The molecule has 1 aromatic carbocycles. The molecular weight excluding hydrogens is 384 g/mol. The van der Waals surface area contributed by atoms with Crippen molar-refractivity contribution in [2.24, 2.45) is 5.92 Å². The largest absolute Gasteiger partial charge is 0.468 e. The molecule has 152 valence electrons. The molecule has 0 N–H and O–H groups in total. The third-order valence-corrected chi connectivity index (χ3v) is 7.05. The van der Waals surface area contributed by atoms with Crippen LogP contribution < -0.4 is 0 Å². The standard InChI is InChI=1S/C19H24N2O6S/c1-14(2)17(18(22)27-4)20(3)28(25,26)19(21(23)24)12-10-16(11-13-19)15-8-6-5-7-9-15/h5-14,16-17H,1-4H3. The number of likely N-dealkylation sites (N-methyl/N-ethyl adjacent to an activating group) is 1. The summed E-state index contributed by atoms with van der Waals surface area (Å²) < 4.78 is 31.9. The van der Waals surface area contributed by atoms with Crippen LogP contribution in [0.2, 0.25) is 0 Å². The maximum Gasteiger partial charge on any atom is 0.369 e. The van der Waals surface area contributed by atoms with Crippen molar-refractivity contribution < 1.29 is 22.9 Å². The second-order valence-electron chi connectivity index (χ2n) is 6.90. The molecule has 9 heteroatoms. The molecule has 1 aromatic rings. The molecule has 0 amide bonds. The zero-order chi connectivity index (χ0) is 21.1. The van der Waals surface area contributed by atoms with Crippen molar-refractivity contribution in [2.45, 2.75) is 30.7 Å². The average molecular weight is 408 g/mol. The maximum absolute atomic E-state index is 13.2. The highest BCUT2D eigenvalue weighted by molar-refractivity contribution is 7.90. The molecule has 1 aliphatic carbocycles. The van der Waals surface area contributed by atoms with Gasteiger partial charge in [0.25, 0.3) is 10.0 Å². The van der Waals surface area contributed by atoms with Crippen LogP contribution in [0.25, 0.3) is 0 Å². The van der Waals surface area contributed by atoms with Gasteiger partial charge in [0.2, 0.25) is 0 Å². The number of hydrogen-bond donors (Lipinski definition) is 0. The molecule has 2 rings (SSSR count). The van der Waals surface area contributed by atoms with Gasteiger partial charge in [-0.2, -0.15) is 4.31 Å². The van der Waals surface area contributed by atoms with Gasteiger partial charge in [-0.25, -0.2) is 8.42 Å². The second-order valence-corrected chi connectivity index (χ2v) is 9.08. The smallest absolute Gasteiger partial charge is 0.369 e. The van der Waals surface area contributed by atoms with Gasteiger partial charge in [-0.15, -0.1) is 0 Å². The van der Waals surface area contributed by atoms with Gasteiger partial charge in [-0.3, -0.25) is 14.9 Å². The van der Waals surface area contributed by atoms with E-state index in [0.717, 1.165) is 36.2 Å². The molecule has 8 nitrogen and oxygen atoms in total. The van der Waals surface area contributed by atoms with Crippen molar-refractivity contribution in [3.8, 4) is 0 Å². The van der Waals surface area contributed by atoms with Crippen molar-refractivity contribution in [1.29, 1.82) is 0 Å². The predicted molar refractivity (Wildman–Crippen MR) is 105 cm³/mol. The summed E-state index contributed by atoms with van der Waals surface area (Å²) in [5.41, 5.74) is 0.882. The first-order valence-electron chi connectivity index (χ1n) is 8.72. The van der Waals surface area contributed by atoms with Crippen LogP contribution in [-0.4, -0.2) is 48.7 Å². The molecule has 1 atom stereocenters. The van der Waals surface area contributed by atoms with Gasteiger partial charge in [0, 0.05) is 25.1 Å². The Morgan fingerprint density at radius 3 is 2.18 bits per heavy atom. The Bertz CT molecular complexity index is 878. The molecule has 1 aliphatic rings. The molecule has 0 aliphatic heterocycles. The number of nitro groups is 1. The molecule has 28 heavy (non-hydrogen) atoms. The van der Waals surface area contributed by atoms with Gasteiger partial charge < -0.3 is 4.74 Å². The van der Waals surface area contributed by atoms with Crippen LogP contribution in [-0.2, 0) is 19.6 Å². The lowest BCUT2D eigenvalue weighted by Crippen LogP contribution is -2.56. The molecule has 0 fully saturated rings. The summed E-state index contributed by atoms with van der Waals surface area (Å²) in [4.78, 5) is 20.6. The van der Waals surface area contributed by atoms with E-state index in [2.05, 4.69) is 0 Å². The molecule has 1 unspecified atom stereocenters. The number of rotatable bonds is 7. The Morgan fingerprint density at radius 2 is 1.75 bits per heavy atom. The van der Waals surface area contributed by atoms with E-state index >= 15 is 0 Å². The highest BCUT2D eigenvalue weighted by Crippen LogP contribution is 2.34. The lowest BCUT2D eigenvalue weighted by molar-refractivity contribution is -0.514. The van der Waals surface area contributed by atoms with Crippen LogP contribution in [0.15, 0.2) is 54.6 Å². The lowest BCUT2D eigenvalue weighted by Gasteiger charge is -2.32. The maximum atomic E-state index is 13.2. The van der Waals surface area contributed by atoms with Crippen LogP contribution in [0, 0.1) is 16.0 Å². The first-order chi connectivity index (χ1) is 13.1. The minimum absolute atomic E-state index is 0.281. The Morgan fingerprint density at radius 1 is 1.21 bits per heavy atom. The summed E-state index contributed by atoms with van der Waals surface area (Å²) in [6.45, 7) is 3.29. The van der Waals surface area contributed by atoms with E-state index in [1.54, 1.807) is 13.8 Å². The normalized spacial score (nSPS) is 23.0. The van der Waals surface area contributed by atoms with Gasteiger partial charge in [0.15, 0.2) is 0 Å². The fourth-order valence-electron chi connectivity index (χ4n) is 3.23. The van der Waals surface area contributed by atoms with E-state index in [1.165, 1.54) is 12.2 Å². The summed E-state index contributed by atoms with van der Waals surface area (Å²) in [7, 11) is -2.26. The SMILES string of the molecule is COC(=O)C(C(C)C)N(C)S(=O)(=O)C1([N+](=O)[O-])C=CC(c2ccccc2)C=C1. The van der Waals surface area contributed by atoms with E-state index < -0.39 is 37.7 Å². The summed E-state index contributed by atoms with van der Waals surface area (Å²) in [5, 5.41) is 11.9. The number of methoxy groups -OCH3 is 1. The lowest BCUT2D eigenvalue weighted by atomic mass is 9.93. The predicted octanol–water partition coefficient (Wildman–Crippen LogP) is 2.33. The number of benzene rings is 1. The van der Waals surface area contributed by atoms with Crippen molar-refractivity contribution in [3.05, 3.63) is 70.3 Å². The van der Waals surface area contributed by atoms with Gasteiger partial charge >= 0.3 is 10.8 Å². The fraction of sp³-hybridized carbons (Fsp3) is 0.421. The van der Waals surface area contributed by atoms with E-state index in [-0.39, 0.29) is 5.92 Å². The molecule has 0 heterocycles. The van der Waals surface area contributed by atoms with E-state index in [9.17, 15) is 23.3 Å². The zero-order valence-corrected chi connectivity index (χ0v) is 17.0. The molecule has 0 aromatic heterocycles. The number of hydrogen-bond acceptors (Lipinski definition) is 6. The van der Waals surface area contributed by atoms with Gasteiger partial charge in [-0.05, 0) is 11.5 Å². The van der Waals surface area contributed by atoms with Crippen LogP contribution in [0.1, 0.15) is 25.3 Å². The highest BCUT2D eigenvalue weighted by atomic mass is 32.2. The highest BCUT2D eigenvalue weighted by Gasteiger charge is 2.57. The molecular formula is C19H24N2O6S. The monoisotopic (exact) mass is 408 g/mol. The average Bonchev–Trinajstić information content (AvgIpc) is 2.68. The van der Waals surface area contributed by atoms with Crippen molar-refractivity contribution in [1.82, 2.24) is 4.31 Å². The van der Waals surface area contributed by atoms with Crippen molar-refractivity contribution in [3.63, 3.8) is 0 Å². The summed E-state index contributed by atoms with van der Waals surface area (Å²) in [6.07, 6.45) is 5.13. The molecule has 0 bridgehead atoms. The molecule has 0 saturated heterocycles. The zero-order valence-electron chi connectivity index (χ0n) is 16.2. The minimum atomic E-state index is -4.57. The molecule has 0 saturated carbocycles. The first kappa shape index (κ1) is 21.8. The van der Waals surface area contributed by atoms with Gasteiger partial charge in [0.1, 0.15) is 6.04 Å². The second kappa shape index (κ2) is 8.24. The van der Waals surface area contributed by atoms with Crippen LogP contribution in [0.3, 0.4) is 0 Å².